The van der Waals surface area contributed by atoms with Gasteiger partial charge >= 0.3 is 0 Å². The number of thioether (sulfide) groups is 1. The third-order valence-corrected chi connectivity index (χ3v) is 3.54. The molecule has 1 aromatic rings. The highest BCUT2D eigenvalue weighted by Gasteiger charge is 2.07. The topological polar surface area (TPSA) is 47.3 Å². The number of nitrogens with two attached hydrogens (primary N) is 1. The highest BCUT2D eigenvalue weighted by atomic mass is 35.5. The molecule has 0 radical (unpaired) electrons. The van der Waals surface area contributed by atoms with Gasteiger partial charge in [0.05, 0.1) is 12.6 Å². The zero-order valence-corrected chi connectivity index (χ0v) is 11.6. The SMILES string of the molecule is CCCOCC(CSc1cccc(Cl)c1)NN. The fourth-order valence-corrected chi connectivity index (χ4v) is 2.49. The Balaban J connectivity index is 2.31. The summed E-state index contributed by atoms with van der Waals surface area (Å²) in [5.74, 6) is 6.34. The van der Waals surface area contributed by atoms with Crippen LogP contribution < -0.4 is 11.3 Å². The van der Waals surface area contributed by atoms with Crippen molar-refractivity contribution in [2.24, 2.45) is 5.84 Å². The van der Waals surface area contributed by atoms with Crippen molar-refractivity contribution < 1.29 is 4.74 Å². The molecule has 1 unspecified atom stereocenters. The average Bonchev–Trinajstić information content (AvgIpc) is 2.34. The van der Waals surface area contributed by atoms with Gasteiger partial charge in [-0.1, -0.05) is 24.6 Å². The van der Waals surface area contributed by atoms with E-state index < -0.39 is 0 Å². The van der Waals surface area contributed by atoms with Gasteiger partial charge in [-0.05, 0) is 24.6 Å². The van der Waals surface area contributed by atoms with Crippen LogP contribution in [0.5, 0.6) is 0 Å². The molecule has 0 bridgehead atoms. The Bertz CT molecular complexity index is 325. The molecule has 0 aliphatic rings. The van der Waals surface area contributed by atoms with Crippen LogP contribution >= 0.6 is 23.4 Å². The molecule has 1 atom stereocenters. The van der Waals surface area contributed by atoms with Crippen LogP contribution in [0.2, 0.25) is 5.02 Å². The quantitative estimate of drug-likeness (QED) is 0.331. The number of ether oxygens (including phenoxy) is 1. The van der Waals surface area contributed by atoms with Crippen molar-refractivity contribution in [3.63, 3.8) is 0 Å². The maximum atomic E-state index is 5.92. The van der Waals surface area contributed by atoms with Gasteiger partial charge in [0, 0.05) is 22.3 Å². The average molecular weight is 275 g/mol. The van der Waals surface area contributed by atoms with Crippen LogP contribution in [0, 0.1) is 0 Å². The number of benzene rings is 1. The Kier molecular flexibility index (Phi) is 7.64. The van der Waals surface area contributed by atoms with Crippen molar-refractivity contribution in [3.05, 3.63) is 29.3 Å². The molecule has 5 heteroatoms. The first-order valence-electron chi connectivity index (χ1n) is 5.68. The number of nitrogens with one attached hydrogen (secondary N) is 1. The molecule has 3 nitrogen and oxygen atoms in total. The standard InChI is InChI=1S/C12H19ClN2OS/c1-2-6-16-8-11(15-14)9-17-12-5-3-4-10(13)7-12/h3-5,7,11,15H,2,6,8-9,14H2,1H3. The zero-order chi connectivity index (χ0) is 12.5. The van der Waals surface area contributed by atoms with E-state index in [1.807, 2.05) is 24.3 Å². The number of hydrogen-bond acceptors (Lipinski definition) is 4. The summed E-state index contributed by atoms with van der Waals surface area (Å²) >= 11 is 7.64. The summed E-state index contributed by atoms with van der Waals surface area (Å²) in [5.41, 5.74) is 2.77. The van der Waals surface area contributed by atoms with E-state index in [1.165, 1.54) is 0 Å². The lowest BCUT2D eigenvalue weighted by Crippen LogP contribution is -2.40. The molecule has 0 aliphatic carbocycles. The molecule has 0 aromatic heterocycles. The lowest BCUT2D eigenvalue weighted by atomic mass is 10.4. The third-order valence-electron chi connectivity index (χ3n) is 2.15. The summed E-state index contributed by atoms with van der Waals surface area (Å²) in [7, 11) is 0. The first-order valence-corrected chi connectivity index (χ1v) is 7.05. The summed E-state index contributed by atoms with van der Waals surface area (Å²) < 4.78 is 5.47. The van der Waals surface area contributed by atoms with Crippen LogP contribution in [-0.4, -0.2) is 25.0 Å². The molecule has 96 valence electrons. The fourth-order valence-electron chi connectivity index (χ4n) is 1.27. The third kappa shape index (κ3) is 6.29. The molecule has 0 spiro atoms. The Morgan fingerprint density at radius 3 is 3.00 bits per heavy atom. The van der Waals surface area contributed by atoms with E-state index >= 15 is 0 Å². The Morgan fingerprint density at radius 1 is 1.53 bits per heavy atom. The van der Waals surface area contributed by atoms with Gasteiger partial charge in [0.25, 0.3) is 0 Å². The molecule has 0 heterocycles. The van der Waals surface area contributed by atoms with Crippen LogP contribution in [0.3, 0.4) is 0 Å². The minimum atomic E-state index is 0.158. The summed E-state index contributed by atoms with van der Waals surface area (Å²) in [6.07, 6.45) is 1.03. The van der Waals surface area contributed by atoms with Gasteiger partial charge in [-0.3, -0.25) is 11.3 Å². The highest BCUT2D eigenvalue weighted by molar-refractivity contribution is 7.99. The Hall–Kier alpha value is -0.260. The molecule has 3 N–H and O–H groups in total. The normalized spacial score (nSPS) is 12.6. The predicted octanol–water partition coefficient (Wildman–Crippen LogP) is 2.69. The van der Waals surface area contributed by atoms with Crippen molar-refractivity contribution in [1.29, 1.82) is 0 Å². The maximum Gasteiger partial charge on any atom is 0.0641 e. The van der Waals surface area contributed by atoms with E-state index in [2.05, 4.69) is 12.3 Å². The number of rotatable bonds is 8. The molecule has 17 heavy (non-hydrogen) atoms. The van der Waals surface area contributed by atoms with E-state index in [4.69, 9.17) is 22.2 Å². The fraction of sp³-hybridized carbons (Fsp3) is 0.500. The lowest BCUT2D eigenvalue weighted by molar-refractivity contribution is 0.117. The molecule has 0 fully saturated rings. The van der Waals surface area contributed by atoms with Crippen LogP contribution in [0.15, 0.2) is 29.2 Å². The van der Waals surface area contributed by atoms with Gasteiger partial charge in [0.15, 0.2) is 0 Å². The monoisotopic (exact) mass is 274 g/mol. The second-order valence-corrected chi connectivity index (χ2v) is 5.24. The van der Waals surface area contributed by atoms with Gasteiger partial charge in [-0.15, -0.1) is 11.8 Å². The van der Waals surface area contributed by atoms with E-state index in [0.29, 0.717) is 6.61 Å². The van der Waals surface area contributed by atoms with Crippen molar-refractivity contribution in [2.45, 2.75) is 24.3 Å². The first-order chi connectivity index (χ1) is 8.26. The number of hydrazine groups is 1. The Labute approximate surface area is 112 Å². The van der Waals surface area contributed by atoms with Crippen LogP contribution in [0.4, 0.5) is 0 Å². The minimum absolute atomic E-state index is 0.158. The molecule has 1 rings (SSSR count). The number of hydrogen-bond donors (Lipinski definition) is 2. The largest absolute Gasteiger partial charge is 0.380 e. The summed E-state index contributed by atoms with van der Waals surface area (Å²) in [5, 5.41) is 0.759. The van der Waals surface area contributed by atoms with Gasteiger partial charge in [-0.25, -0.2) is 0 Å². The molecular formula is C12H19ClN2OS. The highest BCUT2D eigenvalue weighted by Crippen LogP contribution is 2.22. The smallest absolute Gasteiger partial charge is 0.0641 e. The second-order valence-electron chi connectivity index (χ2n) is 3.71. The Morgan fingerprint density at radius 2 is 2.35 bits per heavy atom. The van der Waals surface area contributed by atoms with Gasteiger partial charge < -0.3 is 4.74 Å². The van der Waals surface area contributed by atoms with E-state index in [1.54, 1.807) is 11.8 Å². The van der Waals surface area contributed by atoms with Crippen molar-refractivity contribution >= 4 is 23.4 Å². The van der Waals surface area contributed by atoms with Crippen molar-refractivity contribution in [1.82, 2.24) is 5.43 Å². The van der Waals surface area contributed by atoms with Gasteiger partial charge in [-0.2, -0.15) is 0 Å². The zero-order valence-electron chi connectivity index (χ0n) is 9.99. The van der Waals surface area contributed by atoms with Crippen LogP contribution in [-0.2, 0) is 4.74 Å². The second kappa shape index (κ2) is 8.78. The summed E-state index contributed by atoms with van der Waals surface area (Å²) in [6, 6.07) is 7.96. The molecular weight excluding hydrogens is 256 g/mol. The van der Waals surface area contributed by atoms with Gasteiger partial charge in [0.1, 0.15) is 0 Å². The van der Waals surface area contributed by atoms with Crippen LogP contribution in [0.1, 0.15) is 13.3 Å². The van der Waals surface area contributed by atoms with Crippen molar-refractivity contribution in [2.75, 3.05) is 19.0 Å². The molecule has 0 aliphatic heterocycles. The van der Waals surface area contributed by atoms with Crippen LogP contribution in [0.25, 0.3) is 0 Å². The lowest BCUT2D eigenvalue weighted by Gasteiger charge is -2.15. The molecule has 0 saturated carbocycles. The van der Waals surface area contributed by atoms with Crippen molar-refractivity contribution in [3.8, 4) is 0 Å². The molecule has 1 aromatic carbocycles. The van der Waals surface area contributed by atoms with Gasteiger partial charge in [0.2, 0.25) is 0 Å². The summed E-state index contributed by atoms with van der Waals surface area (Å²) in [6.45, 7) is 3.50. The van der Waals surface area contributed by atoms with E-state index in [9.17, 15) is 0 Å². The maximum absolute atomic E-state index is 5.92. The van der Waals surface area contributed by atoms with E-state index in [-0.39, 0.29) is 6.04 Å². The molecule has 0 saturated heterocycles. The molecule has 0 amide bonds. The number of halogens is 1. The summed E-state index contributed by atoms with van der Waals surface area (Å²) in [4.78, 5) is 1.15. The minimum Gasteiger partial charge on any atom is -0.380 e. The van der Waals surface area contributed by atoms with E-state index in [0.717, 1.165) is 28.7 Å². The first kappa shape index (κ1) is 14.8. The predicted molar refractivity (Wildman–Crippen MR) is 74.4 cm³/mol.